The molecule has 0 spiro atoms. The van der Waals surface area contributed by atoms with E-state index >= 15 is 0 Å². The van der Waals surface area contributed by atoms with Crippen LogP contribution in [-0.4, -0.2) is 5.91 Å². The summed E-state index contributed by atoms with van der Waals surface area (Å²) in [6, 6.07) is 6.93. The first-order chi connectivity index (χ1) is 8.20. The van der Waals surface area contributed by atoms with Crippen molar-refractivity contribution in [2.24, 2.45) is 5.92 Å². The maximum atomic E-state index is 11.9. The third-order valence-corrected chi connectivity index (χ3v) is 3.40. The number of anilines is 1. The molecule has 0 atom stereocenters. The normalized spacial score (nSPS) is 15.5. The van der Waals surface area contributed by atoms with Crippen LogP contribution in [0.2, 0.25) is 5.02 Å². The van der Waals surface area contributed by atoms with Crippen LogP contribution in [0.1, 0.15) is 31.2 Å². The fourth-order valence-corrected chi connectivity index (χ4v) is 2.34. The van der Waals surface area contributed by atoms with Crippen molar-refractivity contribution in [3.8, 4) is 6.07 Å². The van der Waals surface area contributed by atoms with Gasteiger partial charge in [-0.1, -0.05) is 24.4 Å². The van der Waals surface area contributed by atoms with Crippen molar-refractivity contribution in [1.82, 2.24) is 0 Å². The van der Waals surface area contributed by atoms with E-state index in [4.69, 9.17) is 16.9 Å². The highest BCUT2D eigenvalue weighted by atomic mass is 35.5. The highest BCUT2D eigenvalue weighted by Crippen LogP contribution is 2.27. The van der Waals surface area contributed by atoms with Gasteiger partial charge in [-0.05, 0) is 31.0 Å². The first-order valence-corrected chi connectivity index (χ1v) is 6.09. The Hall–Kier alpha value is -1.53. The molecular formula is C13H13ClN2O. The van der Waals surface area contributed by atoms with Crippen LogP contribution >= 0.6 is 11.6 Å². The molecule has 1 amide bonds. The van der Waals surface area contributed by atoms with Crippen molar-refractivity contribution in [2.75, 3.05) is 5.32 Å². The Morgan fingerprint density at radius 1 is 1.41 bits per heavy atom. The SMILES string of the molecule is N#Cc1ccc(NC(=O)C2CCCC2)cc1Cl. The number of carbonyl (C=O) groups excluding carboxylic acids is 1. The van der Waals surface area contributed by atoms with Crippen molar-refractivity contribution >= 4 is 23.2 Å². The van der Waals surface area contributed by atoms with Gasteiger partial charge in [0.25, 0.3) is 0 Å². The second-order valence-corrected chi connectivity index (χ2v) is 4.68. The number of nitrogens with one attached hydrogen (secondary N) is 1. The molecule has 88 valence electrons. The van der Waals surface area contributed by atoms with E-state index in [1.54, 1.807) is 18.2 Å². The van der Waals surface area contributed by atoms with Crippen LogP contribution in [-0.2, 0) is 4.79 Å². The smallest absolute Gasteiger partial charge is 0.227 e. The Morgan fingerprint density at radius 3 is 2.71 bits per heavy atom. The Labute approximate surface area is 105 Å². The fraction of sp³-hybridized carbons (Fsp3) is 0.385. The minimum Gasteiger partial charge on any atom is -0.326 e. The summed E-state index contributed by atoms with van der Waals surface area (Å²) < 4.78 is 0. The molecule has 1 saturated carbocycles. The molecule has 4 heteroatoms. The number of halogens is 1. The number of hydrogen-bond donors (Lipinski definition) is 1. The monoisotopic (exact) mass is 248 g/mol. The molecule has 1 aromatic carbocycles. The highest BCUT2D eigenvalue weighted by Gasteiger charge is 2.22. The van der Waals surface area contributed by atoms with Gasteiger partial charge in [0.2, 0.25) is 5.91 Å². The summed E-state index contributed by atoms with van der Waals surface area (Å²) in [6.45, 7) is 0. The molecule has 0 radical (unpaired) electrons. The lowest BCUT2D eigenvalue weighted by Gasteiger charge is -2.10. The lowest BCUT2D eigenvalue weighted by Crippen LogP contribution is -2.20. The van der Waals surface area contributed by atoms with Gasteiger partial charge in [-0.25, -0.2) is 0 Å². The van der Waals surface area contributed by atoms with E-state index in [0.717, 1.165) is 25.7 Å². The molecule has 1 aliphatic rings. The maximum absolute atomic E-state index is 11.9. The molecule has 0 bridgehead atoms. The number of carbonyl (C=O) groups is 1. The van der Waals surface area contributed by atoms with Crippen LogP contribution in [0.4, 0.5) is 5.69 Å². The number of amides is 1. The van der Waals surface area contributed by atoms with E-state index in [2.05, 4.69) is 5.32 Å². The van der Waals surface area contributed by atoms with Gasteiger partial charge in [0.15, 0.2) is 0 Å². The summed E-state index contributed by atoms with van der Waals surface area (Å²) in [5.41, 5.74) is 1.08. The lowest BCUT2D eigenvalue weighted by atomic mass is 10.1. The van der Waals surface area contributed by atoms with Gasteiger partial charge in [0.1, 0.15) is 6.07 Å². The molecule has 2 rings (SSSR count). The average Bonchev–Trinajstić information content (AvgIpc) is 2.82. The van der Waals surface area contributed by atoms with Gasteiger partial charge in [-0.2, -0.15) is 5.26 Å². The number of nitriles is 1. The molecule has 0 aromatic heterocycles. The Kier molecular flexibility index (Phi) is 3.65. The summed E-state index contributed by atoms with van der Waals surface area (Å²) >= 11 is 5.90. The molecular weight excluding hydrogens is 236 g/mol. The summed E-state index contributed by atoms with van der Waals surface area (Å²) in [7, 11) is 0. The van der Waals surface area contributed by atoms with Gasteiger partial charge in [-0.3, -0.25) is 4.79 Å². The lowest BCUT2D eigenvalue weighted by molar-refractivity contribution is -0.119. The van der Waals surface area contributed by atoms with Crippen molar-refractivity contribution in [2.45, 2.75) is 25.7 Å². The zero-order valence-electron chi connectivity index (χ0n) is 9.37. The molecule has 1 aliphatic carbocycles. The topological polar surface area (TPSA) is 52.9 Å². The summed E-state index contributed by atoms with van der Waals surface area (Å²) in [4.78, 5) is 11.9. The van der Waals surface area contributed by atoms with Crippen molar-refractivity contribution < 1.29 is 4.79 Å². The van der Waals surface area contributed by atoms with Crippen LogP contribution in [0.3, 0.4) is 0 Å². The standard InChI is InChI=1S/C13H13ClN2O/c14-12-7-11(6-5-10(12)8-15)16-13(17)9-3-1-2-4-9/h5-7,9H,1-4H2,(H,16,17). The number of benzene rings is 1. The zero-order valence-corrected chi connectivity index (χ0v) is 10.1. The molecule has 1 fully saturated rings. The zero-order chi connectivity index (χ0) is 12.3. The van der Waals surface area contributed by atoms with Crippen LogP contribution in [0.15, 0.2) is 18.2 Å². The predicted octanol–water partition coefficient (Wildman–Crippen LogP) is 3.34. The second kappa shape index (κ2) is 5.20. The fourth-order valence-electron chi connectivity index (χ4n) is 2.12. The summed E-state index contributed by atoms with van der Waals surface area (Å²) in [6.07, 6.45) is 4.20. The Bertz CT molecular complexity index is 473. The molecule has 17 heavy (non-hydrogen) atoms. The molecule has 0 saturated heterocycles. The van der Waals surface area contributed by atoms with Crippen molar-refractivity contribution in [3.05, 3.63) is 28.8 Å². The summed E-state index contributed by atoms with van der Waals surface area (Å²) in [5.74, 6) is 0.188. The molecule has 1 aromatic rings. The number of nitrogens with zero attached hydrogens (tertiary/aromatic N) is 1. The van der Waals surface area contributed by atoms with Gasteiger partial charge >= 0.3 is 0 Å². The van der Waals surface area contributed by atoms with E-state index in [1.165, 1.54) is 0 Å². The van der Waals surface area contributed by atoms with E-state index in [9.17, 15) is 4.79 Å². The molecule has 3 nitrogen and oxygen atoms in total. The van der Waals surface area contributed by atoms with Gasteiger partial charge in [-0.15, -0.1) is 0 Å². The molecule has 0 heterocycles. The van der Waals surface area contributed by atoms with Crippen LogP contribution in [0.25, 0.3) is 0 Å². The largest absolute Gasteiger partial charge is 0.326 e. The Morgan fingerprint density at radius 2 is 2.12 bits per heavy atom. The number of rotatable bonds is 2. The minimum absolute atomic E-state index is 0.0586. The Balaban J connectivity index is 2.06. The van der Waals surface area contributed by atoms with Crippen LogP contribution < -0.4 is 5.32 Å². The predicted molar refractivity (Wildman–Crippen MR) is 66.8 cm³/mol. The quantitative estimate of drug-likeness (QED) is 0.873. The first-order valence-electron chi connectivity index (χ1n) is 5.71. The van der Waals surface area contributed by atoms with E-state index in [1.807, 2.05) is 6.07 Å². The van der Waals surface area contributed by atoms with E-state index in [0.29, 0.717) is 16.3 Å². The van der Waals surface area contributed by atoms with Crippen LogP contribution in [0.5, 0.6) is 0 Å². The second-order valence-electron chi connectivity index (χ2n) is 4.28. The van der Waals surface area contributed by atoms with Gasteiger partial charge in [0.05, 0.1) is 10.6 Å². The molecule has 0 unspecified atom stereocenters. The highest BCUT2D eigenvalue weighted by molar-refractivity contribution is 6.32. The van der Waals surface area contributed by atoms with Crippen LogP contribution in [0, 0.1) is 17.2 Å². The average molecular weight is 249 g/mol. The van der Waals surface area contributed by atoms with E-state index < -0.39 is 0 Å². The van der Waals surface area contributed by atoms with Crippen molar-refractivity contribution in [1.29, 1.82) is 5.26 Å². The van der Waals surface area contributed by atoms with Gasteiger partial charge < -0.3 is 5.32 Å². The first kappa shape index (κ1) is 11.9. The van der Waals surface area contributed by atoms with Gasteiger partial charge in [0, 0.05) is 11.6 Å². The summed E-state index contributed by atoms with van der Waals surface area (Å²) in [5, 5.41) is 12.0. The third-order valence-electron chi connectivity index (χ3n) is 3.08. The maximum Gasteiger partial charge on any atom is 0.227 e. The molecule has 0 aliphatic heterocycles. The number of hydrogen-bond acceptors (Lipinski definition) is 2. The van der Waals surface area contributed by atoms with Crippen molar-refractivity contribution in [3.63, 3.8) is 0 Å². The van der Waals surface area contributed by atoms with E-state index in [-0.39, 0.29) is 11.8 Å². The minimum atomic E-state index is 0.0586. The third kappa shape index (κ3) is 2.78. The molecule has 1 N–H and O–H groups in total.